The van der Waals surface area contributed by atoms with Crippen molar-refractivity contribution < 1.29 is 22.8 Å². The summed E-state index contributed by atoms with van der Waals surface area (Å²) in [5.74, 6) is -2.39. The van der Waals surface area contributed by atoms with Crippen LogP contribution >= 0.6 is 15.9 Å². The molecular formula is C18H20BrF3N2O2. The van der Waals surface area contributed by atoms with Crippen LogP contribution in [0.15, 0.2) is 28.7 Å². The zero-order chi connectivity index (χ0) is 18.9. The van der Waals surface area contributed by atoms with E-state index in [1.165, 1.54) is 0 Å². The van der Waals surface area contributed by atoms with E-state index in [0.29, 0.717) is 18.5 Å². The molecule has 0 spiro atoms. The Morgan fingerprint density at radius 1 is 1.23 bits per heavy atom. The van der Waals surface area contributed by atoms with Crippen LogP contribution in [0.5, 0.6) is 0 Å². The van der Waals surface area contributed by atoms with E-state index in [9.17, 15) is 22.8 Å². The van der Waals surface area contributed by atoms with Crippen molar-refractivity contribution in [3.8, 4) is 0 Å². The van der Waals surface area contributed by atoms with Gasteiger partial charge in [-0.2, -0.15) is 13.2 Å². The second kappa shape index (κ2) is 7.58. The standard InChI is InChI=1S/C18H20BrF3N2O2/c19-14-6-1-2-7-15(14)24-10-11(8-16(24)25)17(26)23-13-5-3-4-12(9-13)18(20,21)22/h1-2,6-7,11-13H,3-5,8-10H2,(H,23,26)/t11-,12+,13-/m1/s1. The molecule has 4 nitrogen and oxygen atoms in total. The number of benzene rings is 1. The van der Waals surface area contributed by atoms with E-state index >= 15 is 0 Å². The van der Waals surface area contributed by atoms with Gasteiger partial charge in [-0.1, -0.05) is 18.6 Å². The fourth-order valence-corrected chi connectivity index (χ4v) is 4.22. The Morgan fingerprint density at radius 3 is 2.65 bits per heavy atom. The van der Waals surface area contributed by atoms with E-state index in [1.54, 1.807) is 17.0 Å². The lowest BCUT2D eigenvalue weighted by molar-refractivity contribution is -0.184. The lowest BCUT2D eigenvalue weighted by atomic mass is 9.85. The Kier molecular flexibility index (Phi) is 5.60. The second-order valence-corrected chi connectivity index (χ2v) is 7.82. The predicted molar refractivity (Wildman–Crippen MR) is 94.5 cm³/mol. The zero-order valence-electron chi connectivity index (χ0n) is 14.1. The molecule has 0 radical (unpaired) electrons. The van der Waals surface area contributed by atoms with Crippen molar-refractivity contribution in [2.45, 2.75) is 44.3 Å². The first-order valence-corrected chi connectivity index (χ1v) is 9.47. The van der Waals surface area contributed by atoms with Crippen LogP contribution in [0.1, 0.15) is 32.1 Å². The average molecular weight is 433 g/mol. The van der Waals surface area contributed by atoms with E-state index in [4.69, 9.17) is 0 Å². The van der Waals surface area contributed by atoms with Crippen LogP contribution in [-0.2, 0) is 9.59 Å². The minimum Gasteiger partial charge on any atom is -0.353 e. The van der Waals surface area contributed by atoms with Crippen LogP contribution in [0, 0.1) is 11.8 Å². The van der Waals surface area contributed by atoms with Crippen molar-refractivity contribution >= 4 is 33.4 Å². The fourth-order valence-electron chi connectivity index (χ4n) is 3.72. The summed E-state index contributed by atoms with van der Waals surface area (Å²) in [6.45, 7) is 0.239. The number of para-hydroxylation sites is 1. The minimum absolute atomic E-state index is 0.0720. The molecule has 142 valence electrons. The van der Waals surface area contributed by atoms with Crippen molar-refractivity contribution in [2.75, 3.05) is 11.4 Å². The quantitative estimate of drug-likeness (QED) is 0.783. The zero-order valence-corrected chi connectivity index (χ0v) is 15.6. The molecule has 3 atom stereocenters. The summed E-state index contributed by atoms with van der Waals surface area (Å²) in [6, 6.07) is 6.76. The minimum atomic E-state index is -4.22. The number of halogens is 4. The topological polar surface area (TPSA) is 49.4 Å². The maximum absolute atomic E-state index is 12.9. The molecule has 2 amide bonds. The summed E-state index contributed by atoms with van der Waals surface area (Å²) < 4.78 is 39.5. The highest BCUT2D eigenvalue weighted by molar-refractivity contribution is 9.10. The molecule has 0 aromatic heterocycles. The number of nitrogens with zero attached hydrogens (tertiary/aromatic N) is 1. The summed E-state index contributed by atoms with van der Waals surface area (Å²) in [5, 5.41) is 2.74. The molecule has 2 aliphatic rings. The van der Waals surface area contributed by atoms with Gasteiger partial charge in [0, 0.05) is 23.5 Å². The highest BCUT2D eigenvalue weighted by Gasteiger charge is 2.43. The molecule has 1 saturated heterocycles. The van der Waals surface area contributed by atoms with Gasteiger partial charge in [0.2, 0.25) is 11.8 Å². The number of nitrogens with one attached hydrogen (secondary N) is 1. The van der Waals surface area contributed by atoms with E-state index in [-0.39, 0.29) is 37.6 Å². The molecule has 1 aromatic carbocycles. The Labute approximate surface area is 158 Å². The largest absolute Gasteiger partial charge is 0.391 e. The molecule has 26 heavy (non-hydrogen) atoms. The summed E-state index contributed by atoms with van der Waals surface area (Å²) in [6.07, 6.45) is -3.11. The first-order chi connectivity index (χ1) is 12.3. The molecule has 1 aliphatic heterocycles. The predicted octanol–water partition coefficient (Wildman–Crippen LogP) is 4.04. The molecule has 1 heterocycles. The number of carbonyl (C=O) groups excluding carboxylic acids is 2. The summed E-state index contributed by atoms with van der Waals surface area (Å²) >= 11 is 3.39. The maximum Gasteiger partial charge on any atom is 0.391 e. The number of alkyl halides is 3. The lowest BCUT2D eigenvalue weighted by Crippen LogP contribution is -2.44. The fraction of sp³-hybridized carbons (Fsp3) is 0.556. The van der Waals surface area contributed by atoms with Crippen LogP contribution < -0.4 is 10.2 Å². The number of hydrogen-bond donors (Lipinski definition) is 1. The van der Waals surface area contributed by atoms with Gasteiger partial charge in [0.25, 0.3) is 0 Å². The SMILES string of the molecule is O=C(N[C@@H]1CCC[C@H](C(F)(F)F)C1)[C@@H]1CC(=O)N(c2ccccc2Br)C1. The summed E-state index contributed by atoms with van der Waals surface area (Å²) in [4.78, 5) is 26.3. The molecule has 0 unspecified atom stereocenters. The van der Waals surface area contributed by atoms with Crippen molar-refractivity contribution in [3.05, 3.63) is 28.7 Å². The van der Waals surface area contributed by atoms with E-state index in [2.05, 4.69) is 21.2 Å². The van der Waals surface area contributed by atoms with Crippen molar-refractivity contribution in [2.24, 2.45) is 11.8 Å². The molecule has 1 aliphatic carbocycles. The van der Waals surface area contributed by atoms with Crippen molar-refractivity contribution in [1.29, 1.82) is 0 Å². The van der Waals surface area contributed by atoms with E-state index < -0.39 is 24.1 Å². The highest BCUT2D eigenvalue weighted by Crippen LogP contribution is 2.38. The third-order valence-electron chi connectivity index (χ3n) is 5.12. The first kappa shape index (κ1) is 19.2. The molecule has 1 N–H and O–H groups in total. The Morgan fingerprint density at radius 2 is 1.96 bits per heavy atom. The van der Waals surface area contributed by atoms with Gasteiger partial charge in [0.1, 0.15) is 0 Å². The van der Waals surface area contributed by atoms with Crippen molar-refractivity contribution in [3.63, 3.8) is 0 Å². The van der Waals surface area contributed by atoms with Crippen LogP contribution in [0.4, 0.5) is 18.9 Å². The van der Waals surface area contributed by atoms with Gasteiger partial charge in [0.05, 0.1) is 17.5 Å². The molecule has 1 saturated carbocycles. The van der Waals surface area contributed by atoms with Crippen molar-refractivity contribution in [1.82, 2.24) is 5.32 Å². The van der Waals surface area contributed by atoms with Gasteiger partial charge in [-0.15, -0.1) is 0 Å². The van der Waals surface area contributed by atoms with Gasteiger partial charge in [-0.05, 0) is 47.3 Å². The normalized spacial score (nSPS) is 26.8. The van der Waals surface area contributed by atoms with Gasteiger partial charge >= 0.3 is 6.18 Å². The first-order valence-electron chi connectivity index (χ1n) is 8.67. The summed E-state index contributed by atoms with van der Waals surface area (Å²) in [7, 11) is 0. The van der Waals surface area contributed by atoms with Crippen LogP contribution in [0.3, 0.4) is 0 Å². The van der Waals surface area contributed by atoms with E-state index in [1.807, 2.05) is 12.1 Å². The summed E-state index contributed by atoms with van der Waals surface area (Å²) in [5.41, 5.74) is 0.697. The van der Waals surface area contributed by atoms with Gasteiger partial charge in [0.15, 0.2) is 0 Å². The number of rotatable bonds is 3. The van der Waals surface area contributed by atoms with Crippen LogP contribution in [-0.4, -0.2) is 30.6 Å². The molecule has 0 bridgehead atoms. The average Bonchev–Trinajstić information content (AvgIpc) is 2.97. The lowest BCUT2D eigenvalue weighted by Gasteiger charge is -2.31. The second-order valence-electron chi connectivity index (χ2n) is 6.97. The van der Waals surface area contributed by atoms with Gasteiger partial charge in [-0.25, -0.2) is 0 Å². The number of amides is 2. The highest BCUT2D eigenvalue weighted by atomic mass is 79.9. The molecule has 2 fully saturated rings. The third-order valence-corrected chi connectivity index (χ3v) is 5.79. The third kappa shape index (κ3) is 4.22. The number of carbonyl (C=O) groups is 2. The maximum atomic E-state index is 12.9. The number of hydrogen-bond acceptors (Lipinski definition) is 2. The van der Waals surface area contributed by atoms with E-state index in [0.717, 1.165) is 4.47 Å². The smallest absolute Gasteiger partial charge is 0.353 e. The molecular weight excluding hydrogens is 413 g/mol. The van der Waals surface area contributed by atoms with Gasteiger partial charge < -0.3 is 10.2 Å². The van der Waals surface area contributed by atoms with Gasteiger partial charge in [-0.3, -0.25) is 9.59 Å². The Balaban J connectivity index is 1.61. The molecule has 8 heteroatoms. The van der Waals surface area contributed by atoms with Crippen LogP contribution in [0.25, 0.3) is 0 Å². The van der Waals surface area contributed by atoms with Crippen LogP contribution in [0.2, 0.25) is 0 Å². The molecule has 3 rings (SSSR count). The Bertz CT molecular complexity index is 695. The Hall–Kier alpha value is -1.57. The number of anilines is 1. The monoisotopic (exact) mass is 432 g/mol. The molecule has 1 aromatic rings.